The number of aromatic nitrogens is 5. The summed E-state index contributed by atoms with van der Waals surface area (Å²) in [6.07, 6.45) is 3.37. The second kappa shape index (κ2) is 9.37. The zero-order valence-electron chi connectivity index (χ0n) is 18.9. The van der Waals surface area contributed by atoms with Crippen LogP contribution in [-0.2, 0) is 16.5 Å². The SMILES string of the molecule is COCC(COC)Oc1cc(C)nc2c(-c3ccc(-n4cccn4)cc3OC)nn(C)c12. The van der Waals surface area contributed by atoms with E-state index in [0.717, 1.165) is 33.7 Å². The summed E-state index contributed by atoms with van der Waals surface area (Å²) in [6, 6.07) is 9.67. The fourth-order valence-electron chi connectivity index (χ4n) is 3.74. The quantitative estimate of drug-likeness (QED) is 0.398. The van der Waals surface area contributed by atoms with Gasteiger partial charge in [0, 0.05) is 57.1 Å². The minimum absolute atomic E-state index is 0.253. The zero-order valence-corrected chi connectivity index (χ0v) is 18.9. The van der Waals surface area contributed by atoms with E-state index in [1.165, 1.54) is 0 Å². The fraction of sp³-hybridized carbons (Fsp3) is 0.348. The fourth-order valence-corrected chi connectivity index (χ4v) is 3.74. The molecule has 0 atom stereocenters. The number of aryl methyl sites for hydroxylation is 2. The summed E-state index contributed by atoms with van der Waals surface area (Å²) in [5.74, 6) is 1.36. The molecule has 0 spiro atoms. The third kappa shape index (κ3) is 4.17. The lowest BCUT2D eigenvalue weighted by Gasteiger charge is -2.18. The summed E-state index contributed by atoms with van der Waals surface area (Å²) >= 11 is 0. The first-order chi connectivity index (χ1) is 15.5. The van der Waals surface area contributed by atoms with Gasteiger partial charge in [0.1, 0.15) is 34.3 Å². The average Bonchev–Trinajstić information content (AvgIpc) is 3.42. The lowest BCUT2D eigenvalue weighted by atomic mass is 10.1. The molecule has 0 aliphatic rings. The first-order valence-corrected chi connectivity index (χ1v) is 10.2. The van der Waals surface area contributed by atoms with Crippen LogP contribution in [0.25, 0.3) is 28.0 Å². The zero-order chi connectivity index (χ0) is 22.7. The van der Waals surface area contributed by atoms with E-state index in [-0.39, 0.29) is 6.10 Å². The number of nitrogens with zero attached hydrogens (tertiary/aromatic N) is 5. The highest BCUT2D eigenvalue weighted by Crippen LogP contribution is 2.37. The molecule has 0 unspecified atom stereocenters. The smallest absolute Gasteiger partial charge is 0.149 e. The van der Waals surface area contributed by atoms with Crippen molar-refractivity contribution in [2.24, 2.45) is 7.05 Å². The molecule has 0 N–H and O–H groups in total. The normalized spacial score (nSPS) is 11.4. The molecule has 1 aromatic carbocycles. The van der Waals surface area contributed by atoms with E-state index in [0.29, 0.717) is 24.7 Å². The number of hydrogen-bond acceptors (Lipinski definition) is 7. The molecular weight excluding hydrogens is 410 g/mol. The van der Waals surface area contributed by atoms with E-state index in [1.807, 2.05) is 50.5 Å². The Balaban J connectivity index is 1.82. The van der Waals surface area contributed by atoms with E-state index >= 15 is 0 Å². The summed E-state index contributed by atoms with van der Waals surface area (Å²) in [6.45, 7) is 2.75. The van der Waals surface area contributed by atoms with Crippen LogP contribution in [0.4, 0.5) is 0 Å². The summed E-state index contributed by atoms with van der Waals surface area (Å²) in [5.41, 5.74) is 4.80. The van der Waals surface area contributed by atoms with E-state index in [2.05, 4.69) is 5.10 Å². The van der Waals surface area contributed by atoms with E-state index < -0.39 is 0 Å². The van der Waals surface area contributed by atoms with Crippen LogP contribution < -0.4 is 9.47 Å². The number of rotatable bonds is 9. The molecule has 168 valence electrons. The van der Waals surface area contributed by atoms with Crippen LogP contribution in [0.15, 0.2) is 42.7 Å². The van der Waals surface area contributed by atoms with Crippen LogP contribution in [0.5, 0.6) is 11.5 Å². The van der Waals surface area contributed by atoms with Gasteiger partial charge in [-0.1, -0.05) is 0 Å². The molecule has 9 nitrogen and oxygen atoms in total. The third-order valence-electron chi connectivity index (χ3n) is 5.09. The molecule has 0 bridgehead atoms. The van der Waals surface area contributed by atoms with Gasteiger partial charge >= 0.3 is 0 Å². The van der Waals surface area contributed by atoms with E-state index in [4.69, 9.17) is 29.0 Å². The van der Waals surface area contributed by atoms with Crippen molar-refractivity contribution < 1.29 is 18.9 Å². The number of pyridine rings is 1. The summed E-state index contributed by atoms with van der Waals surface area (Å²) in [7, 11) is 6.80. The van der Waals surface area contributed by atoms with Crippen LogP contribution in [0, 0.1) is 6.92 Å². The second-order valence-electron chi connectivity index (χ2n) is 7.42. The van der Waals surface area contributed by atoms with Gasteiger partial charge in [-0.3, -0.25) is 4.68 Å². The van der Waals surface area contributed by atoms with Gasteiger partial charge in [0.05, 0.1) is 26.0 Å². The lowest BCUT2D eigenvalue weighted by molar-refractivity contribution is 0.0250. The Kier molecular flexibility index (Phi) is 6.38. The summed E-state index contributed by atoms with van der Waals surface area (Å²) < 4.78 is 26.1. The molecule has 0 radical (unpaired) electrons. The highest BCUT2D eigenvalue weighted by atomic mass is 16.6. The molecule has 32 heavy (non-hydrogen) atoms. The molecule has 3 heterocycles. The molecular formula is C23H27N5O4. The van der Waals surface area contributed by atoms with Crippen molar-refractivity contribution in [2.75, 3.05) is 34.5 Å². The monoisotopic (exact) mass is 437 g/mol. The van der Waals surface area contributed by atoms with Crippen LogP contribution in [0.1, 0.15) is 5.69 Å². The minimum atomic E-state index is -0.253. The molecule has 4 aromatic rings. The highest BCUT2D eigenvalue weighted by Gasteiger charge is 2.22. The number of ether oxygens (including phenoxy) is 4. The molecule has 0 fully saturated rings. The number of hydrogen-bond donors (Lipinski definition) is 0. The van der Waals surface area contributed by atoms with Gasteiger partial charge < -0.3 is 18.9 Å². The van der Waals surface area contributed by atoms with Gasteiger partial charge in [-0.25, -0.2) is 9.67 Å². The number of benzene rings is 1. The van der Waals surface area contributed by atoms with Crippen LogP contribution in [0.3, 0.4) is 0 Å². The van der Waals surface area contributed by atoms with Crippen molar-refractivity contribution in [3.63, 3.8) is 0 Å². The number of methoxy groups -OCH3 is 3. The number of fused-ring (bicyclic) bond motifs is 1. The Bertz CT molecular complexity index is 1200. The van der Waals surface area contributed by atoms with Crippen LogP contribution >= 0.6 is 0 Å². The van der Waals surface area contributed by atoms with Crippen LogP contribution in [0.2, 0.25) is 0 Å². The first-order valence-electron chi connectivity index (χ1n) is 10.2. The van der Waals surface area contributed by atoms with Gasteiger partial charge in [-0.15, -0.1) is 0 Å². The van der Waals surface area contributed by atoms with Crippen molar-refractivity contribution >= 4 is 11.0 Å². The predicted octanol–water partition coefficient (Wildman–Crippen LogP) is 3.18. The first kappa shape index (κ1) is 21.8. The summed E-state index contributed by atoms with van der Waals surface area (Å²) in [5, 5.41) is 9.06. The standard InChI is InChI=1S/C23H27N5O4/c1-15-11-20(32-17(13-29-3)14-30-4)23-22(25-15)21(26-27(23)2)18-8-7-16(12-19(18)31-5)28-10-6-9-24-28/h6-12,17H,13-14H2,1-5H3. The molecule has 0 aliphatic carbocycles. The Morgan fingerprint density at radius 2 is 1.81 bits per heavy atom. The van der Waals surface area contributed by atoms with Crippen molar-refractivity contribution in [1.82, 2.24) is 24.5 Å². The lowest BCUT2D eigenvalue weighted by Crippen LogP contribution is -2.27. The maximum absolute atomic E-state index is 6.25. The van der Waals surface area contributed by atoms with Gasteiger partial charge in [-0.05, 0) is 25.1 Å². The second-order valence-corrected chi connectivity index (χ2v) is 7.42. The Morgan fingerprint density at radius 3 is 2.47 bits per heavy atom. The van der Waals surface area contributed by atoms with Crippen molar-refractivity contribution in [1.29, 1.82) is 0 Å². The average molecular weight is 438 g/mol. The Labute approximate surface area is 186 Å². The van der Waals surface area contributed by atoms with Crippen molar-refractivity contribution in [2.45, 2.75) is 13.0 Å². The van der Waals surface area contributed by atoms with E-state index in [9.17, 15) is 0 Å². The molecule has 0 aliphatic heterocycles. The van der Waals surface area contributed by atoms with Crippen molar-refractivity contribution in [3.05, 3.63) is 48.4 Å². The van der Waals surface area contributed by atoms with Crippen molar-refractivity contribution in [3.8, 4) is 28.4 Å². The molecule has 0 saturated carbocycles. The molecule has 9 heteroatoms. The van der Waals surface area contributed by atoms with E-state index in [1.54, 1.807) is 36.9 Å². The molecule has 0 amide bonds. The molecule has 0 saturated heterocycles. The Morgan fingerprint density at radius 1 is 1.03 bits per heavy atom. The summed E-state index contributed by atoms with van der Waals surface area (Å²) in [4.78, 5) is 4.78. The Hall–Kier alpha value is -3.43. The minimum Gasteiger partial charge on any atom is -0.496 e. The predicted molar refractivity (Wildman–Crippen MR) is 121 cm³/mol. The molecule has 3 aromatic heterocycles. The largest absolute Gasteiger partial charge is 0.496 e. The highest BCUT2D eigenvalue weighted by molar-refractivity contribution is 5.95. The van der Waals surface area contributed by atoms with Gasteiger partial charge in [0.2, 0.25) is 0 Å². The maximum Gasteiger partial charge on any atom is 0.149 e. The van der Waals surface area contributed by atoms with Gasteiger partial charge in [0.15, 0.2) is 0 Å². The maximum atomic E-state index is 6.25. The van der Waals surface area contributed by atoms with Gasteiger partial charge in [-0.2, -0.15) is 10.2 Å². The van der Waals surface area contributed by atoms with Gasteiger partial charge in [0.25, 0.3) is 0 Å². The third-order valence-corrected chi connectivity index (χ3v) is 5.09. The molecule has 4 rings (SSSR count). The topological polar surface area (TPSA) is 85.4 Å². The van der Waals surface area contributed by atoms with Crippen LogP contribution in [-0.4, -0.2) is 65.2 Å².